The number of rotatable bonds is 5. The van der Waals surface area contributed by atoms with Crippen LogP contribution in [0.2, 0.25) is 0 Å². The van der Waals surface area contributed by atoms with Gasteiger partial charge >= 0.3 is 18.1 Å². The fraction of sp³-hybridized carbons (Fsp3) is 0.273. The molecule has 21 heavy (non-hydrogen) atoms. The summed E-state index contributed by atoms with van der Waals surface area (Å²) in [6.07, 6.45) is -0.719. The molecule has 0 atom stereocenters. The van der Waals surface area contributed by atoms with Crippen molar-refractivity contribution in [2.45, 2.75) is 23.4 Å². The Hall–Kier alpha value is -2.02. The van der Waals surface area contributed by atoms with Gasteiger partial charge in [-0.05, 0) is 23.4 Å². The zero-order valence-corrected chi connectivity index (χ0v) is 10.8. The smallest absolute Gasteiger partial charge is 0.446 e. The molecule has 0 aliphatic carbocycles. The van der Waals surface area contributed by atoms with E-state index in [-0.39, 0.29) is 5.56 Å². The SMILES string of the molecule is N#Cc1c(CC(=O)O)ccc(OC(F)F)c1SC(F)(F)F. The fourth-order valence-electron chi connectivity index (χ4n) is 1.44. The minimum atomic E-state index is -4.85. The van der Waals surface area contributed by atoms with Gasteiger partial charge in [0.25, 0.3) is 0 Å². The molecule has 0 bridgehead atoms. The lowest BCUT2D eigenvalue weighted by atomic mass is 10.1. The normalized spacial score (nSPS) is 11.3. The molecular weight excluding hydrogens is 321 g/mol. The predicted molar refractivity (Wildman–Crippen MR) is 61.0 cm³/mol. The largest absolute Gasteiger partial charge is 0.481 e. The van der Waals surface area contributed by atoms with Crippen LogP contribution in [0.5, 0.6) is 5.75 Å². The highest BCUT2D eigenvalue weighted by molar-refractivity contribution is 8.00. The average Bonchev–Trinajstić information content (AvgIpc) is 2.29. The highest BCUT2D eigenvalue weighted by Gasteiger charge is 2.34. The summed E-state index contributed by atoms with van der Waals surface area (Å²) in [5.74, 6) is -2.21. The monoisotopic (exact) mass is 327 g/mol. The molecule has 10 heteroatoms. The molecule has 0 fully saturated rings. The minimum absolute atomic E-state index is 0.224. The van der Waals surface area contributed by atoms with Crippen LogP contribution in [0.3, 0.4) is 0 Å². The lowest BCUT2D eigenvalue weighted by Gasteiger charge is -2.15. The van der Waals surface area contributed by atoms with Crippen LogP contribution in [-0.2, 0) is 11.2 Å². The van der Waals surface area contributed by atoms with Crippen molar-refractivity contribution in [1.29, 1.82) is 5.26 Å². The molecule has 0 saturated heterocycles. The Morgan fingerprint density at radius 1 is 1.43 bits per heavy atom. The lowest BCUT2D eigenvalue weighted by Crippen LogP contribution is -2.09. The number of benzene rings is 1. The van der Waals surface area contributed by atoms with Gasteiger partial charge in [-0.1, -0.05) is 6.07 Å². The van der Waals surface area contributed by atoms with Crippen LogP contribution < -0.4 is 4.74 Å². The first-order valence-electron chi connectivity index (χ1n) is 5.12. The standard InChI is InChI=1S/C11H6F5NO3S/c12-10(13)20-7-2-1-5(3-8(18)19)6(4-17)9(7)21-11(14,15)16/h1-2,10H,3H2,(H,18,19). The summed E-state index contributed by atoms with van der Waals surface area (Å²) in [5.41, 5.74) is -5.73. The van der Waals surface area contributed by atoms with E-state index in [0.29, 0.717) is 0 Å². The second-order valence-electron chi connectivity index (χ2n) is 3.54. The van der Waals surface area contributed by atoms with Crippen LogP contribution in [0.25, 0.3) is 0 Å². The summed E-state index contributed by atoms with van der Waals surface area (Å²) in [6, 6.07) is 3.14. The average molecular weight is 327 g/mol. The number of hydrogen-bond donors (Lipinski definition) is 1. The Bertz CT molecular complexity index is 582. The first-order chi connectivity index (χ1) is 9.64. The lowest BCUT2D eigenvalue weighted by molar-refractivity contribution is -0.136. The molecule has 1 rings (SSSR count). The van der Waals surface area contributed by atoms with Crippen LogP contribution >= 0.6 is 11.8 Å². The maximum absolute atomic E-state index is 12.5. The summed E-state index contributed by atoms with van der Waals surface area (Å²) in [5, 5.41) is 17.5. The van der Waals surface area contributed by atoms with Gasteiger partial charge in [0.05, 0.1) is 16.9 Å². The third kappa shape index (κ3) is 5.11. The van der Waals surface area contributed by atoms with E-state index in [1.54, 1.807) is 0 Å². The van der Waals surface area contributed by atoms with Gasteiger partial charge in [-0.2, -0.15) is 27.2 Å². The molecule has 0 saturated carbocycles. The number of nitriles is 1. The highest BCUT2D eigenvalue weighted by Crippen LogP contribution is 2.44. The van der Waals surface area contributed by atoms with Crippen LogP contribution in [0.4, 0.5) is 22.0 Å². The van der Waals surface area contributed by atoms with Crippen LogP contribution in [0, 0.1) is 11.3 Å². The molecule has 0 heterocycles. The number of carboxylic acids is 1. The predicted octanol–water partition coefficient (Wildman–Crippen LogP) is 3.40. The van der Waals surface area contributed by atoms with Gasteiger partial charge < -0.3 is 9.84 Å². The number of alkyl halides is 5. The second-order valence-corrected chi connectivity index (χ2v) is 4.61. The summed E-state index contributed by atoms with van der Waals surface area (Å²) < 4.78 is 65.7. The molecule has 1 aromatic carbocycles. The summed E-state index contributed by atoms with van der Waals surface area (Å²) in [6.45, 7) is -3.38. The van der Waals surface area contributed by atoms with E-state index in [4.69, 9.17) is 10.4 Å². The van der Waals surface area contributed by atoms with Crippen LogP contribution in [0.15, 0.2) is 17.0 Å². The second kappa shape index (κ2) is 6.62. The molecule has 0 aliphatic rings. The Labute approximate surface area is 119 Å². The molecule has 1 aromatic rings. The molecular formula is C11H6F5NO3S. The molecule has 114 valence electrons. The van der Waals surface area contributed by atoms with E-state index in [9.17, 15) is 26.7 Å². The summed E-state index contributed by atoms with van der Waals surface area (Å²) >= 11 is -0.812. The number of halogens is 5. The molecule has 0 spiro atoms. The van der Waals surface area contributed by atoms with Crippen molar-refractivity contribution in [2.24, 2.45) is 0 Å². The first kappa shape index (κ1) is 17.0. The molecule has 0 amide bonds. The van der Waals surface area contributed by atoms with Gasteiger partial charge in [-0.15, -0.1) is 0 Å². The number of ether oxygens (including phenoxy) is 1. The van der Waals surface area contributed by atoms with E-state index < -0.39 is 52.5 Å². The number of carbonyl (C=O) groups is 1. The Balaban J connectivity index is 3.41. The Morgan fingerprint density at radius 2 is 2.05 bits per heavy atom. The fourth-order valence-corrected chi connectivity index (χ4v) is 2.17. The van der Waals surface area contributed by atoms with Crippen molar-refractivity contribution in [3.63, 3.8) is 0 Å². The van der Waals surface area contributed by atoms with Crippen molar-refractivity contribution in [1.82, 2.24) is 0 Å². The van der Waals surface area contributed by atoms with E-state index >= 15 is 0 Å². The first-order valence-corrected chi connectivity index (χ1v) is 5.94. The van der Waals surface area contributed by atoms with Crippen molar-refractivity contribution < 1.29 is 36.6 Å². The molecule has 4 nitrogen and oxygen atoms in total. The van der Waals surface area contributed by atoms with Gasteiger partial charge in [-0.25, -0.2) is 0 Å². The van der Waals surface area contributed by atoms with Gasteiger partial charge in [0.2, 0.25) is 0 Å². The number of aliphatic carboxylic acids is 1. The molecule has 0 radical (unpaired) electrons. The van der Waals surface area contributed by atoms with Gasteiger partial charge in [-0.3, -0.25) is 4.79 Å². The van der Waals surface area contributed by atoms with Gasteiger partial charge in [0.15, 0.2) is 0 Å². The molecule has 0 unspecified atom stereocenters. The number of thioether (sulfide) groups is 1. The molecule has 0 aromatic heterocycles. The Morgan fingerprint density at radius 3 is 2.48 bits per heavy atom. The maximum atomic E-state index is 12.5. The zero-order chi connectivity index (χ0) is 16.2. The quantitative estimate of drug-likeness (QED) is 0.663. The van der Waals surface area contributed by atoms with E-state index in [1.165, 1.54) is 6.07 Å². The molecule has 1 N–H and O–H groups in total. The van der Waals surface area contributed by atoms with E-state index in [1.807, 2.05) is 0 Å². The third-order valence-corrected chi connectivity index (χ3v) is 2.94. The van der Waals surface area contributed by atoms with Gasteiger partial charge in [0, 0.05) is 0 Å². The van der Waals surface area contributed by atoms with E-state index in [2.05, 4.69) is 4.74 Å². The Kier molecular flexibility index (Phi) is 5.37. The zero-order valence-electron chi connectivity index (χ0n) is 9.95. The summed E-state index contributed by atoms with van der Waals surface area (Å²) in [7, 11) is 0. The highest BCUT2D eigenvalue weighted by atomic mass is 32.2. The number of nitrogens with zero attached hydrogens (tertiary/aromatic N) is 1. The third-order valence-electron chi connectivity index (χ3n) is 2.10. The maximum Gasteiger partial charge on any atom is 0.446 e. The van der Waals surface area contributed by atoms with Gasteiger partial charge in [0.1, 0.15) is 11.8 Å². The van der Waals surface area contributed by atoms with Crippen LogP contribution in [0.1, 0.15) is 11.1 Å². The van der Waals surface area contributed by atoms with Crippen LogP contribution in [-0.4, -0.2) is 23.2 Å². The van der Waals surface area contributed by atoms with E-state index in [0.717, 1.165) is 12.1 Å². The minimum Gasteiger partial charge on any atom is -0.481 e. The van der Waals surface area contributed by atoms with Crippen molar-refractivity contribution in [3.8, 4) is 11.8 Å². The topological polar surface area (TPSA) is 70.3 Å². The molecule has 0 aliphatic heterocycles. The summed E-state index contributed by atoms with van der Waals surface area (Å²) in [4.78, 5) is 9.72. The number of hydrogen-bond acceptors (Lipinski definition) is 4. The van der Waals surface area contributed by atoms with Crippen molar-refractivity contribution in [2.75, 3.05) is 0 Å². The van der Waals surface area contributed by atoms with Crippen molar-refractivity contribution >= 4 is 17.7 Å². The number of carboxylic acid groups (broad SMARTS) is 1. The van der Waals surface area contributed by atoms with Crippen molar-refractivity contribution in [3.05, 3.63) is 23.3 Å².